The van der Waals surface area contributed by atoms with E-state index in [-0.39, 0.29) is 0 Å². The Morgan fingerprint density at radius 3 is 2.38 bits per heavy atom. The average Bonchev–Trinajstić information content (AvgIpc) is 2.78. The van der Waals surface area contributed by atoms with Gasteiger partial charge in [0, 0.05) is 12.1 Å². The molecule has 2 unspecified atom stereocenters. The van der Waals surface area contributed by atoms with E-state index in [0.29, 0.717) is 5.41 Å². The summed E-state index contributed by atoms with van der Waals surface area (Å²) in [5, 5.41) is 3.80. The third-order valence-corrected chi connectivity index (χ3v) is 3.80. The van der Waals surface area contributed by atoms with Gasteiger partial charge in [0.15, 0.2) is 0 Å². The molecule has 2 rings (SSSR count). The van der Waals surface area contributed by atoms with Crippen LogP contribution in [0.4, 0.5) is 0 Å². The standard InChI is InChI=1S/C12H23N/c1-9(10-4-5-10)13-11-6-7-12(2,3)8-11/h9-11,13H,4-8H2,1-3H3. The van der Waals surface area contributed by atoms with E-state index in [2.05, 4.69) is 26.1 Å². The molecule has 0 radical (unpaired) electrons. The third kappa shape index (κ3) is 2.46. The van der Waals surface area contributed by atoms with Crippen molar-refractivity contribution in [1.82, 2.24) is 5.32 Å². The van der Waals surface area contributed by atoms with Crippen molar-refractivity contribution in [3.8, 4) is 0 Å². The van der Waals surface area contributed by atoms with Gasteiger partial charge in [-0.1, -0.05) is 13.8 Å². The van der Waals surface area contributed by atoms with Crippen molar-refractivity contribution in [1.29, 1.82) is 0 Å². The highest BCUT2D eigenvalue weighted by atomic mass is 15.0. The van der Waals surface area contributed by atoms with E-state index < -0.39 is 0 Å². The molecule has 13 heavy (non-hydrogen) atoms. The van der Waals surface area contributed by atoms with Gasteiger partial charge in [-0.15, -0.1) is 0 Å². The summed E-state index contributed by atoms with van der Waals surface area (Å²) in [6, 6.07) is 1.59. The third-order valence-electron chi connectivity index (χ3n) is 3.80. The van der Waals surface area contributed by atoms with Gasteiger partial charge in [0.05, 0.1) is 0 Å². The summed E-state index contributed by atoms with van der Waals surface area (Å²) < 4.78 is 0. The lowest BCUT2D eigenvalue weighted by Crippen LogP contribution is -2.36. The van der Waals surface area contributed by atoms with Gasteiger partial charge in [-0.25, -0.2) is 0 Å². The molecule has 0 aromatic carbocycles. The topological polar surface area (TPSA) is 12.0 Å². The summed E-state index contributed by atoms with van der Waals surface area (Å²) in [6.45, 7) is 7.16. The highest BCUT2D eigenvalue weighted by molar-refractivity contribution is 4.91. The van der Waals surface area contributed by atoms with Crippen LogP contribution in [0.15, 0.2) is 0 Å². The van der Waals surface area contributed by atoms with Crippen molar-refractivity contribution in [2.45, 2.75) is 65.0 Å². The number of rotatable bonds is 3. The first kappa shape index (κ1) is 9.51. The van der Waals surface area contributed by atoms with Crippen LogP contribution in [0.25, 0.3) is 0 Å². The quantitative estimate of drug-likeness (QED) is 0.706. The molecule has 0 bridgehead atoms. The van der Waals surface area contributed by atoms with Crippen molar-refractivity contribution in [2.75, 3.05) is 0 Å². The van der Waals surface area contributed by atoms with Crippen LogP contribution >= 0.6 is 0 Å². The summed E-state index contributed by atoms with van der Waals surface area (Å²) in [6.07, 6.45) is 7.10. The van der Waals surface area contributed by atoms with Crippen molar-refractivity contribution in [3.63, 3.8) is 0 Å². The Balaban J connectivity index is 1.76. The molecular formula is C12H23N. The molecule has 0 heterocycles. The summed E-state index contributed by atoms with van der Waals surface area (Å²) >= 11 is 0. The van der Waals surface area contributed by atoms with E-state index in [4.69, 9.17) is 0 Å². The molecule has 2 fully saturated rings. The smallest absolute Gasteiger partial charge is 0.00749 e. The van der Waals surface area contributed by atoms with E-state index in [1.54, 1.807) is 0 Å². The van der Waals surface area contributed by atoms with Crippen LogP contribution in [-0.2, 0) is 0 Å². The molecule has 1 nitrogen and oxygen atoms in total. The highest BCUT2D eigenvalue weighted by Crippen LogP contribution is 2.39. The van der Waals surface area contributed by atoms with Gasteiger partial charge in [-0.2, -0.15) is 0 Å². The largest absolute Gasteiger partial charge is 0.311 e. The van der Waals surface area contributed by atoms with Crippen LogP contribution < -0.4 is 5.32 Å². The number of hydrogen-bond donors (Lipinski definition) is 1. The molecule has 0 saturated heterocycles. The average molecular weight is 181 g/mol. The van der Waals surface area contributed by atoms with Crippen molar-refractivity contribution in [2.24, 2.45) is 11.3 Å². The second-order valence-electron chi connectivity index (χ2n) is 5.90. The van der Waals surface area contributed by atoms with Crippen LogP contribution in [0.1, 0.15) is 52.9 Å². The minimum absolute atomic E-state index is 0.598. The Labute approximate surface area is 82.3 Å². The number of nitrogens with one attached hydrogen (secondary N) is 1. The Kier molecular flexibility index (Phi) is 2.39. The molecule has 2 atom stereocenters. The van der Waals surface area contributed by atoms with Crippen molar-refractivity contribution in [3.05, 3.63) is 0 Å². The molecule has 76 valence electrons. The first-order valence-corrected chi connectivity index (χ1v) is 5.83. The number of hydrogen-bond acceptors (Lipinski definition) is 1. The van der Waals surface area contributed by atoms with Crippen LogP contribution in [0.3, 0.4) is 0 Å². The Morgan fingerprint density at radius 1 is 1.23 bits per heavy atom. The summed E-state index contributed by atoms with van der Waals surface area (Å²) in [5.74, 6) is 1.00. The fraction of sp³-hybridized carbons (Fsp3) is 1.00. The molecule has 0 aromatic heterocycles. The summed E-state index contributed by atoms with van der Waals surface area (Å²) in [7, 11) is 0. The van der Waals surface area contributed by atoms with E-state index in [1.807, 2.05) is 0 Å². The molecule has 0 spiro atoms. The van der Waals surface area contributed by atoms with Crippen molar-refractivity contribution < 1.29 is 0 Å². The highest BCUT2D eigenvalue weighted by Gasteiger charge is 2.34. The van der Waals surface area contributed by atoms with E-state index in [1.165, 1.54) is 32.1 Å². The van der Waals surface area contributed by atoms with Gasteiger partial charge in [0.1, 0.15) is 0 Å². The van der Waals surface area contributed by atoms with Crippen LogP contribution in [0, 0.1) is 11.3 Å². The molecule has 1 N–H and O–H groups in total. The van der Waals surface area contributed by atoms with E-state index in [9.17, 15) is 0 Å². The molecule has 0 amide bonds. The van der Waals surface area contributed by atoms with Gasteiger partial charge in [-0.3, -0.25) is 0 Å². The lowest BCUT2D eigenvalue weighted by atomic mass is 9.92. The maximum Gasteiger partial charge on any atom is 0.00749 e. The van der Waals surface area contributed by atoms with Crippen molar-refractivity contribution >= 4 is 0 Å². The van der Waals surface area contributed by atoms with Crippen LogP contribution in [0.5, 0.6) is 0 Å². The molecule has 1 heteroatoms. The SMILES string of the molecule is CC(NC1CCC(C)(C)C1)C1CC1. The Bertz CT molecular complexity index is 182. The van der Waals surface area contributed by atoms with Crippen LogP contribution in [-0.4, -0.2) is 12.1 Å². The fourth-order valence-corrected chi connectivity index (χ4v) is 2.68. The van der Waals surface area contributed by atoms with Gasteiger partial charge >= 0.3 is 0 Å². The maximum absolute atomic E-state index is 3.80. The van der Waals surface area contributed by atoms with E-state index >= 15 is 0 Å². The Hall–Kier alpha value is -0.0400. The Morgan fingerprint density at radius 2 is 1.92 bits per heavy atom. The predicted molar refractivity (Wildman–Crippen MR) is 56.7 cm³/mol. The van der Waals surface area contributed by atoms with Crippen LogP contribution in [0.2, 0.25) is 0 Å². The first-order chi connectivity index (χ1) is 6.07. The minimum Gasteiger partial charge on any atom is -0.311 e. The zero-order valence-electron chi connectivity index (χ0n) is 9.27. The molecule has 2 aliphatic rings. The summed E-state index contributed by atoms with van der Waals surface area (Å²) in [5.41, 5.74) is 0.598. The monoisotopic (exact) mass is 181 g/mol. The molecule has 0 aromatic rings. The normalized spacial score (nSPS) is 34.8. The fourth-order valence-electron chi connectivity index (χ4n) is 2.68. The lowest BCUT2D eigenvalue weighted by Gasteiger charge is -2.21. The minimum atomic E-state index is 0.598. The zero-order valence-corrected chi connectivity index (χ0v) is 9.27. The second-order valence-corrected chi connectivity index (χ2v) is 5.90. The van der Waals surface area contributed by atoms with Gasteiger partial charge < -0.3 is 5.32 Å². The first-order valence-electron chi connectivity index (χ1n) is 5.83. The zero-order chi connectivity index (χ0) is 9.47. The molecular weight excluding hydrogens is 158 g/mol. The molecule has 0 aliphatic heterocycles. The van der Waals surface area contributed by atoms with Gasteiger partial charge in [0.2, 0.25) is 0 Å². The predicted octanol–water partition coefficient (Wildman–Crippen LogP) is 2.95. The van der Waals surface area contributed by atoms with Gasteiger partial charge in [-0.05, 0) is 50.4 Å². The van der Waals surface area contributed by atoms with E-state index in [0.717, 1.165) is 18.0 Å². The molecule has 2 saturated carbocycles. The summed E-state index contributed by atoms with van der Waals surface area (Å²) in [4.78, 5) is 0. The van der Waals surface area contributed by atoms with Gasteiger partial charge in [0.25, 0.3) is 0 Å². The second kappa shape index (κ2) is 3.27. The molecule has 2 aliphatic carbocycles. The lowest BCUT2D eigenvalue weighted by molar-refractivity contribution is 0.348. The maximum atomic E-state index is 3.80.